The molecule has 0 aliphatic heterocycles. The summed E-state index contributed by atoms with van der Waals surface area (Å²) in [6.45, 7) is 5.28. The number of ether oxygens (including phenoxy) is 1. The normalized spacial score (nSPS) is 18.1. The summed E-state index contributed by atoms with van der Waals surface area (Å²) in [5, 5.41) is 0. The fourth-order valence-corrected chi connectivity index (χ4v) is 4.18. The fraction of sp³-hybridized carbons (Fsp3) is 0.600. The Balaban J connectivity index is 1.62. The van der Waals surface area contributed by atoms with Gasteiger partial charge in [0.1, 0.15) is 5.75 Å². The van der Waals surface area contributed by atoms with Gasteiger partial charge in [-0.05, 0) is 74.4 Å². The molecule has 1 aromatic rings. The highest BCUT2D eigenvalue weighted by atomic mass is 16.5. The lowest BCUT2D eigenvalue weighted by Crippen LogP contribution is -2.13. The molecule has 1 nitrogen and oxygen atoms in total. The highest BCUT2D eigenvalue weighted by Gasteiger charge is 2.19. The molecule has 2 rings (SSSR count). The Labute approximate surface area is 192 Å². The fourth-order valence-electron chi connectivity index (χ4n) is 4.18. The van der Waals surface area contributed by atoms with Gasteiger partial charge in [0.15, 0.2) is 0 Å². The SMILES string of the molecule is CCCCCCCC1CCC(C#CC=CC#Cc2ccc(OCCCCC)cc2)CC1. The van der Waals surface area contributed by atoms with Gasteiger partial charge in [0.25, 0.3) is 0 Å². The molecule has 1 fully saturated rings. The molecule has 0 saturated heterocycles. The average Bonchev–Trinajstić information content (AvgIpc) is 2.80. The van der Waals surface area contributed by atoms with E-state index in [0.29, 0.717) is 5.92 Å². The zero-order chi connectivity index (χ0) is 22.0. The quantitative estimate of drug-likeness (QED) is 0.259. The number of hydrogen-bond donors (Lipinski definition) is 0. The van der Waals surface area contributed by atoms with Gasteiger partial charge < -0.3 is 4.74 Å². The van der Waals surface area contributed by atoms with Crippen LogP contribution in [0.3, 0.4) is 0 Å². The van der Waals surface area contributed by atoms with Crippen molar-refractivity contribution in [2.24, 2.45) is 11.8 Å². The highest BCUT2D eigenvalue weighted by molar-refractivity contribution is 5.40. The van der Waals surface area contributed by atoms with E-state index in [1.165, 1.54) is 77.0 Å². The summed E-state index contributed by atoms with van der Waals surface area (Å²) in [6, 6.07) is 8.04. The van der Waals surface area contributed by atoms with E-state index in [1.54, 1.807) is 0 Å². The summed E-state index contributed by atoms with van der Waals surface area (Å²) in [5.41, 5.74) is 1.01. The van der Waals surface area contributed by atoms with Gasteiger partial charge in [0.05, 0.1) is 6.61 Å². The minimum Gasteiger partial charge on any atom is -0.494 e. The summed E-state index contributed by atoms with van der Waals surface area (Å²) in [6.07, 6.45) is 21.1. The van der Waals surface area contributed by atoms with Crippen molar-refractivity contribution < 1.29 is 4.74 Å². The van der Waals surface area contributed by atoms with Crippen molar-refractivity contribution in [2.75, 3.05) is 6.61 Å². The molecule has 0 atom stereocenters. The maximum Gasteiger partial charge on any atom is 0.119 e. The Bertz CT molecular complexity index is 727. The topological polar surface area (TPSA) is 9.23 Å². The van der Waals surface area contributed by atoms with Crippen LogP contribution < -0.4 is 4.74 Å². The van der Waals surface area contributed by atoms with Crippen molar-refractivity contribution in [2.45, 2.75) is 97.3 Å². The predicted octanol–water partition coefficient (Wildman–Crippen LogP) is 8.33. The van der Waals surface area contributed by atoms with Crippen molar-refractivity contribution in [3.8, 4) is 29.4 Å². The first kappa shape index (κ1) is 25.1. The van der Waals surface area contributed by atoms with Crippen LogP contribution in [0.5, 0.6) is 5.75 Å². The maximum atomic E-state index is 5.74. The van der Waals surface area contributed by atoms with Crippen LogP contribution in [0.2, 0.25) is 0 Å². The zero-order valence-electron chi connectivity index (χ0n) is 19.9. The number of benzene rings is 1. The maximum absolute atomic E-state index is 5.74. The van der Waals surface area contributed by atoms with E-state index in [4.69, 9.17) is 4.74 Å². The summed E-state index contributed by atoms with van der Waals surface area (Å²) >= 11 is 0. The lowest BCUT2D eigenvalue weighted by atomic mass is 9.80. The third-order valence-corrected chi connectivity index (χ3v) is 6.19. The second-order valence-corrected chi connectivity index (χ2v) is 8.89. The molecule has 1 saturated carbocycles. The molecule has 0 N–H and O–H groups in total. The van der Waals surface area contributed by atoms with Crippen LogP contribution in [0, 0.1) is 35.5 Å². The first-order chi connectivity index (χ1) is 15.3. The molecule has 1 aromatic carbocycles. The van der Waals surface area contributed by atoms with E-state index < -0.39 is 0 Å². The number of allylic oxidation sites excluding steroid dienone is 2. The summed E-state index contributed by atoms with van der Waals surface area (Å²) in [5.74, 6) is 15.4. The van der Waals surface area contributed by atoms with Gasteiger partial charge >= 0.3 is 0 Å². The first-order valence-corrected chi connectivity index (χ1v) is 12.7. The molecular formula is C30H42O. The third kappa shape index (κ3) is 11.7. The Morgan fingerprint density at radius 1 is 0.806 bits per heavy atom. The zero-order valence-corrected chi connectivity index (χ0v) is 19.9. The first-order valence-electron chi connectivity index (χ1n) is 12.7. The molecule has 0 aromatic heterocycles. The minimum atomic E-state index is 0.582. The van der Waals surface area contributed by atoms with Gasteiger partial charge in [-0.2, -0.15) is 0 Å². The van der Waals surface area contributed by atoms with E-state index in [2.05, 4.69) is 37.5 Å². The van der Waals surface area contributed by atoms with Gasteiger partial charge in [-0.25, -0.2) is 0 Å². The van der Waals surface area contributed by atoms with E-state index >= 15 is 0 Å². The molecule has 0 radical (unpaired) electrons. The van der Waals surface area contributed by atoms with Crippen LogP contribution in [0.4, 0.5) is 0 Å². The molecule has 0 bridgehead atoms. The molecule has 1 aliphatic carbocycles. The summed E-state index contributed by atoms with van der Waals surface area (Å²) in [4.78, 5) is 0. The van der Waals surface area contributed by atoms with Gasteiger partial charge in [-0.1, -0.05) is 88.9 Å². The van der Waals surface area contributed by atoms with Gasteiger partial charge in [-0.3, -0.25) is 0 Å². The monoisotopic (exact) mass is 418 g/mol. The van der Waals surface area contributed by atoms with Gasteiger partial charge in [0, 0.05) is 11.5 Å². The van der Waals surface area contributed by atoms with Crippen LogP contribution >= 0.6 is 0 Å². The van der Waals surface area contributed by atoms with Gasteiger partial charge in [0.2, 0.25) is 0 Å². The Morgan fingerprint density at radius 2 is 1.48 bits per heavy atom. The van der Waals surface area contributed by atoms with E-state index in [1.807, 2.05) is 36.4 Å². The Hall–Kier alpha value is -2.12. The summed E-state index contributed by atoms with van der Waals surface area (Å²) < 4.78 is 5.74. The van der Waals surface area contributed by atoms with Crippen LogP contribution in [-0.2, 0) is 0 Å². The molecule has 1 heteroatoms. The second-order valence-electron chi connectivity index (χ2n) is 8.89. The number of unbranched alkanes of at least 4 members (excludes halogenated alkanes) is 6. The molecule has 0 heterocycles. The van der Waals surface area contributed by atoms with Gasteiger partial charge in [-0.15, -0.1) is 0 Å². The highest BCUT2D eigenvalue weighted by Crippen LogP contribution is 2.31. The van der Waals surface area contributed by atoms with Crippen LogP contribution in [0.15, 0.2) is 36.4 Å². The second kappa shape index (κ2) is 16.6. The molecule has 1 aliphatic rings. The Kier molecular flexibility index (Phi) is 13.4. The van der Waals surface area contributed by atoms with E-state index in [9.17, 15) is 0 Å². The lowest BCUT2D eigenvalue weighted by Gasteiger charge is -2.25. The molecular weight excluding hydrogens is 376 g/mol. The largest absolute Gasteiger partial charge is 0.494 e. The van der Waals surface area contributed by atoms with Crippen LogP contribution in [0.1, 0.15) is 103 Å². The summed E-state index contributed by atoms with van der Waals surface area (Å²) in [7, 11) is 0. The third-order valence-electron chi connectivity index (χ3n) is 6.19. The lowest BCUT2D eigenvalue weighted by molar-refractivity contribution is 0.294. The number of hydrogen-bond acceptors (Lipinski definition) is 1. The number of rotatable bonds is 11. The average molecular weight is 419 g/mol. The van der Waals surface area contributed by atoms with Crippen LogP contribution in [0.25, 0.3) is 0 Å². The molecule has 0 unspecified atom stereocenters. The van der Waals surface area contributed by atoms with Crippen molar-refractivity contribution in [3.05, 3.63) is 42.0 Å². The Morgan fingerprint density at radius 3 is 2.23 bits per heavy atom. The van der Waals surface area contributed by atoms with E-state index in [0.717, 1.165) is 30.3 Å². The predicted molar refractivity (Wildman–Crippen MR) is 134 cm³/mol. The minimum absolute atomic E-state index is 0.582. The van der Waals surface area contributed by atoms with Crippen molar-refractivity contribution in [1.82, 2.24) is 0 Å². The van der Waals surface area contributed by atoms with Crippen molar-refractivity contribution in [3.63, 3.8) is 0 Å². The van der Waals surface area contributed by atoms with Crippen molar-refractivity contribution >= 4 is 0 Å². The van der Waals surface area contributed by atoms with E-state index in [-0.39, 0.29) is 0 Å². The molecule has 0 spiro atoms. The standard InChI is InChI=1S/C30H42O/c1-3-5-7-8-11-15-27-18-20-28(21-19-27)16-12-9-10-13-17-29-22-24-30(25-23-29)31-26-14-6-4-2/h9-10,22-25,27-28H,3-8,11,14-15,18-21,26H2,1-2H3. The molecule has 168 valence electrons. The van der Waals surface area contributed by atoms with Crippen molar-refractivity contribution in [1.29, 1.82) is 0 Å². The molecule has 31 heavy (non-hydrogen) atoms. The smallest absolute Gasteiger partial charge is 0.119 e. The molecule has 0 amide bonds. The van der Waals surface area contributed by atoms with Crippen LogP contribution in [-0.4, -0.2) is 6.61 Å².